The van der Waals surface area contributed by atoms with Crippen LogP contribution in [0.3, 0.4) is 0 Å². The van der Waals surface area contributed by atoms with Crippen LogP contribution in [0.4, 0.5) is 0 Å². The second kappa shape index (κ2) is 2.94. The molecule has 0 bridgehead atoms. The Morgan fingerprint density at radius 3 is 2.57 bits per heavy atom. The van der Waals surface area contributed by atoms with E-state index in [4.69, 9.17) is 0 Å². The van der Waals surface area contributed by atoms with Gasteiger partial charge in [-0.1, -0.05) is 0 Å². The van der Waals surface area contributed by atoms with Gasteiger partial charge in [0, 0.05) is 11.6 Å². The number of carbonyl (C=O) groups excluding carboxylic acids is 1. The van der Waals surface area contributed by atoms with Crippen molar-refractivity contribution in [2.45, 2.75) is 45.1 Å². The molecular formula is C11H16N2O. The Morgan fingerprint density at radius 1 is 1.50 bits per heavy atom. The van der Waals surface area contributed by atoms with Gasteiger partial charge in [-0.2, -0.15) is 5.10 Å². The van der Waals surface area contributed by atoms with Crippen LogP contribution < -0.4 is 0 Å². The van der Waals surface area contributed by atoms with Crippen LogP contribution in [0, 0.1) is 0 Å². The normalized spacial score (nSPS) is 17.1. The van der Waals surface area contributed by atoms with E-state index < -0.39 is 0 Å². The van der Waals surface area contributed by atoms with Crippen LogP contribution in [0.2, 0.25) is 0 Å². The van der Waals surface area contributed by atoms with Gasteiger partial charge in [0.2, 0.25) is 0 Å². The molecular weight excluding hydrogens is 176 g/mol. The van der Waals surface area contributed by atoms with E-state index in [0.29, 0.717) is 11.6 Å². The molecule has 1 aromatic rings. The fourth-order valence-corrected chi connectivity index (χ4v) is 1.68. The van der Waals surface area contributed by atoms with Crippen LogP contribution in [0.15, 0.2) is 6.07 Å². The third-order valence-electron chi connectivity index (χ3n) is 2.51. The summed E-state index contributed by atoms with van der Waals surface area (Å²) >= 11 is 0. The van der Waals surface area contributed by atoms with Gasteiger partial charge in [0.15, 0.2) is 6.29 Å². The van der Waals surface area contributed by atoms with Gasteiger partial charge in [0.25, 0.3) is 0 Å². The predicted octanol–water partition coefficient (Wildman–Crippen LogP) is 2.33. The molecule has 1 aliphatic carbocycles. The molecule has 1 saturated carbocycles. The Morgan fingerprint density at radius 2 is 2.14 bits per heavy atom. The second-order valence-electron chi connectivity index (χ2n) is 4.97. The molecule has 76 valence electrons. The van der Waals surface area contributed by atoms with Gasteiger partial charge in [-0.25, -0.2) is 0 Å². The van der Waals surface area contributed by atoms with Crippen molar-refractivity contribution in [2.24, 2.45) is 0 Å². The first-order valence-electron chi connectivity index (χ1n) is 5.08. The summed E-state index contributed by atoms with van der Waals surface area (Å²) in [5.74, 6) is 0.635. The monoisotopic (exact) mass is 192 g/mol. The third kappa shape index (κ3) is 1.59. The zero-order valence-corrected chi connectivity index (χ0v) is 8.95. The summed E-state index contributed by atoms with van der Waals surface area (Å²) in [7, 11) is 0. The van der Waals surface area contributed by atoms with Crippen LogP contribution in [-0.2, 0) is 5.54 Å². The summed E-state index contributed by atoms with van der Waals surface area (Å²) in [6.07, 6.45) is 3.30. The van der Waals surface area contributed by atoms with Crippen LogP contribution in [0.1, 0.15) is 55.7 Å². The minimum Gasteiger partial charge on any atom is -0.296 e. The van der Waals surface area contributed by atoms with Crippen molar-refractivity contribution in [3.8, 4) is 0 Å². The maximum Gasteiger partial charge on any atom is 0.170 e. The van der Waals surface area contributed by atoms with Crippen LogP contribution in [0.5, 0.6) is 0 Å². The number of carbonyl (C=O) groups is 1. The fraction of sp³-hybridized carbons (Fsp3) is 0.636. The van der Waals surface area contributed by atoms with Crippen molar-refractivity contribution in [3.05, 3.63) is 17.5 Å². The van der Waals surface area contributed by atoms with Crippen molar-refractivity contribution in [3.63, 3.8) is 0 Å². The number of hydrogen-bond donors (Lipinski definition) is 0. The lowest BCUT2D eigenvalue weighted by Crippen LogP contribution is -2.25. The number of rotatable bonds is 2. The quantitative estimate of drug-likeness (QED) is 0.674. The van der Waals surface area contributed by atoms with Crippen LogP contribution in [0.25, 0.3) is 0 Å². The molecule has 1 aromatic heterocycles. The molecule has 0 radical (unpaired) electrons. The van der Waals surface area contributed by atoms with Gasteiger partial charge in [-0.3, -0.25) is 9.48 Å². The molecule has 1 heterocycles. The molecule has 3 nitrogen and oxygen atoms in total. The molecule has 0 aliphatic heterocycles. The van der Waals surface area contributed by atoms with E-state index in [2.05, 4.69) is 25.9 Å². The minimum absolute atomic E-state index is 0.0286. The van der Waals surface area contributed by atoms with E-state index in [9.17, 15) is 4.79 Å². The second-order valence-corrected chi connectivity index (χ2v) is 4.97. The third-order valence-corrected chi connectivity index (χ3v) is 2.51. The van der Waals surface area contributed by atoms with E-state index in [0.717, 1.165) is 6.29 Å². The van der Waals surface area contributed by atoms with E-state index >= 15 is 0 Å². The average molecular weight is 192 g/mol. The number of aromatic nitrogens is 2. The molecule has 0 unspecified atom stereocenters. The minimum atomic E-state index is -0.0286. The Hall–Kier alpha value is -1.12. The van der Waals surface area contributed by atoms with Crippen molar-refractivity contribution in [1.82, 2.24) is 9.78 Å². The summed E-state index contributed by atoms with van der Waals surface area (Å²) in [4.78, 5) is 10.7. The zero-order chi connectivity index (χ0) is 10.3. The molecule has 2 rings (SSSR count). The van der Waals surface area contributed by atoms with Crippen LogP contribution in [-0.4, -0.2) is 16.1 Å². The summed E-state index contributed by atoms with van der Waals surface area (Å²) in [5.41, 5.74) is 1.75. The van der Waals surface area contributed by atoms with E-state index in [1.54, 1.807) is 0 Å². The highest BCUT2D eigenvalue weighted by Gasteiger charge is 2.31. The van der Waals surface area contributed by atoms with E-state index in [1.807, 2.05) is 10.7 Å². The lowest BCUT2D eigenvalue weighted by atomic mass is 10.1. The van der Waals surface area contributed by atoms with Crippen molar-refractivity contribution < 1.29 is 4.79 Å². The van der Waals surface area contributed by atoms with Gasteiger partial charge in [0.1, 0.15) is 5.69 Å². The van der Waals surface area contributed by atoms with E-state index in [-0.39, 0.29) is 5.54 Å². The van der Waals surface area contributed by atoms with Gasteiger partial charge in [0.05, 0.1) is 5.54 Å². The van der Waals surface area contributed by atoms with Gasteiger partial charge in [-0.15, -0.1) is 0 Å². The number of nitrogens with zero attached hydrogens (tertiary/aromatic N) is 2. The molecule has 1 fully saturated rings. The molecule has 0 N–H and O–H groups in total. The van der Waals surface area contributed by atoms with Crippen LogP contribution >= 0.6 is 0 Å². The summed E-state index contributed by atoms with van der Waals surface area (Å²) in [5, 5.41) is 4.31. The largest absolute Gasteiger partial charge is 0.296 e. The first-order valence-corrected chi connectivity index (χ1v) is 5.08. The maximum atomic E-state index is 10.7. The molecule has 0 saturated heterocycles. The average Bonchev–Trinajstić information content (AvgIpc) is 2.83. The first kappa shape index (κ1) is 9.44. The zero-order valence-electron chi connectivity index (χ0n) is 8.95. The summed E-state index contributed by atoms with van der Waals surface area (Å²) in [6, 6.07) is 1.93. The summed E-state index contributed by atoms with van der Waals surface area (Å²) < 4.78 is 1.99. The van der Waals surface area contributed by atoms with E-state index in [1.165, 1.54) is 18.5 Å². The molecule has 0 spiro atoms. The fourth-order valence-electron chi connectivity index (χ4n) is 1.68. The molecule has 0 atom stereocenters. The van der Waals surface area contributed by atoms with Crippen molar-refractivity contribution >= 4 is 6.29 Å². The lowest BCUT2D eigenvalue weighted by Gasteiger charge is -2.22. The topological polar surface area (TPSA) is 34.9 Å². The summed E-state index contributed by atoms with van der Waals surface area (Å²) in [6.45, 7) is 6.33. The highest BCUT2D eigenvalue weighted by atomic mass is 16.1. The molecule has 1 aliphatic rings. The molecule has 0 aromatic carbocycles. The Labute approximate surface area is 84.1 Å². The smallest absolute Gasteiger partial charge is 0.170 e. The lowest BCUT2D eigenvalue weighted by molar-refractivity contribution is 0.111. The SMILES string of the molecule is CC(C)(C)n1nc(C=O)cc1C1CC1. The van der Waals surface area contributed by atoms with Crippen molar-refractivity contribution in [1.29, 1.82) is 0 Å². The molecule has 3 heteroatoms. The number of aldehydes is 1. The Kier molecular flexibility index (Phi) is 1.98. The van der Waals surface area contributed by atoms with Crippen molar-refractivity contribution in [2.75, 3.05) is 0 Å². The highest BCUT2D eigenvalue weighted by molar-refractivity contribution is 5.71. The Balaban J connectivity index is 2.45. The number of hydrogen-bond acceptors (Lipinski definition) is 2. The van der Waals surface area contributed by atoms with Gasteiger partial charge >= 0.3 is 0 Å². The predicted molar refractivity (Wildman–Crippen MR) is 54.6 cm³/mol. The Bertz CT molecular complexity index is 356. The standard InChI is InChI=1S/C11H16N2O/c1-11(2,3)13-10(8-4-5-8)6-9(7-14)12-13/h6-8H,4-5H2,1-3H3. The highest BCUT2D eigenvalue weighted by Crippen LogP contribution is 2.41. The molecule has 14 heavy (non-hydrogen) atoms. The van der Waals surface area contributed by atoms with Gasteiger partial charge < -0.3 is 0 Å². The molecule has 0 amide bonds. The first-order chi connectivity index (χ1) is 6.52. The maximum absolute atomic E-state index is 10.7. The van der Waals surface area contributed by atoms with Gasteiger partial charge in [-0.05, 0) is 39.7 Å².